The van der Waals surface area contributed by atoms with Gasteiger partial charge in [-0.1, -0.05) is 0 Å². The van der Waals surface area contributed by atoms with Crippen LogP contribution in [0.2, 0.25) is 0 Å². The molecule has 1 atom stereocenters. The van der Waals surface area contributed by atoms with E-state index in [0.717, 1.165) is 4.90 Å². The summed E-state index contributed by atoms with van der Waals surface area (Å²) in [5, 5.41) is 2.05. The van der Waals surface area contributed by atoms with E-state index in [1.54, 1.807) is 0 Å². The summed E-state index contributed by atoms with van der Waals surface area (Å²) in [5.41, 5.74) is -3.97. The molecule has 3 heterocycles. The number of carbonyl (C=O) groups is 3. The van der Waals surface area contributed by atoms with Gasteiger partial charge in [0.05, 0.1) is 23.3 Å². The highest BCUT2D eigenvalue weighted by molar-refractivity contribution is 6.05. The van der Waals surface area contributed by atoms with Crippen molar-refractivity contribution in [1.82, 2.24) is 15.1 Å². The lowest BCUT2D eigenvalue weighted by Gasteiger charge is -2.43. The number of amides is 3. The van der Waals surface area contributed by atoms with Gasteiger partial charge in [0.1, 0.15) is 11.9 Å². The first kappa shape index (κ1) is 13.0. The molecule has 1 aromatic rings. The van der Waals surface area contributed by atoms with Gasteiger partial charge in [0.25, 0.3) is 5.91 Å². The van der Waals surface area contributed by atoms with Crippen LogP contribution in [0.4, 0.5) is 14.5 Å². The lowest BCUT2D eigenvalue weighted by molar-refractivity contribution is -0.136. The van der Waals surface area contributed by atoms with Crippen LogP contribution in [0, 0.1) is 11.6 Å². The number of benzene rings is 1. The molecule has 3 aliphatic heterocycles. The van der Waals surface area contributed by atoms with E-state index in [-0.39, 0.29) is 17.7 Å². The Kier molecular flexibility index (Phi) is 3.16. The largest absolute Gasteiger partial charge is 0.367 e. The topological polar surface area (TPSA) is 73.0 Å². The van der Waals surface area contributed by atoms with Gasteiger partial charge in [-0.15, -0.1) is 0 Å². The highest BCUT2D eigenvalue weighted by Crippen LogP contribution is 2.36. The Morgan fingerprint density at radius 3 is 2.40 bits per heavy atom. The molecule has 0 radical (unpaired) electrons. The van der Waals surface area contributed by atoms with E-state index in [1.165, 1.54) is 20.8 Å². The van der Waals surface area contributed by atoms with Crippen LogP contribution in [0.25, 0.3) is 0 Å². The Bertz CT molecular complexity index is 1230. The molecule has 30 heavy (non-hydrogen) atoms. The molecule has 0 unspecified atom stereocenters. The molecule has 1 N–H and O–H groups in total. The van der Waals surface area contributed by atoms with Crippen molar-refractivity contribution in [2.24, 2.45) is 0 Å². The molecule has 0 saturated carbocycles. The molecule has 162 valence electrons. The summed E-state index contributed by atoms with van der Waals surface area (Å²) < 4.78 is 99.4. The standard InChI is InChI=1S/C21H26F2N4O3/c1-21(2,3)26-8-6-25(7-9-26)15-10-13(22)17-12(18(15)23)11-27(20(17)30)14-4-5-16(28)24-19(14)29/h10,14H,4-9,11H2,1-3H3,(H,24,28,29)/t14-/m0/s1/i6D2,7D2,8D2,9D2. The van der Waals surface area contributed by atoms with Crippen LogP contribution in [0.15, 0.2) is 6.07 Å². The number of hydrogen-bond donors (Lipinski definition) is 1. The van der Waals surface area contributed by atoms with Crippen LogP contribution in [0.3, 0.4) is 0 Å². The Labute approximate surface area is 185 Å². The van der Waals surface area contributed by atoms with E-state index in [0.29, 0.717) is 11.0 Å². The van der Waals surface area contributed by atoms with Gasteiger partial charge in [-0.05, 0) is 27.2 Å². The molecular formula is C21H26F2N4O3. The number of piperidine rings is 1. The quantitative estimate of drug-likeness (QED) is 0.726. The molecule has 0 aromatic heterocycles. The first-order valence-electron chi connectivity index (χ1n) is 13.4. The number of piperazine rings is 1. The molecule has 0 aliphatic carbocycles. The van der Waals surface area contributed by atoms with Gasteiger partial charge in [-0.3, -0.25) is 24.6 Å². The highest BCUT2D eigenvalue weighted by atomic mass is 19.1. The van der Waals surface area contributed by atoms with Crippen LogP contribution in [0.5, 0.6) is 0 Å². The maximum absolute atomic E-state index is 16.0. The van der Waals surface area contributed by atoms with Crippen molar-refractivity contribution in [1.29, 1.82) is 0 Å². The monoisotopic (exact) mass is 428 g/mol. The second-order valence-electron chi connectivity index (χ2n) is 8.23. The first-order valence-corrected chi connectivity index (χ1v) is 9.36. The lowest BCUT2D eigenvalue weighted by Crippen LogP contribution is -2.53. The summed E-state index contributed by atoms with van der Waals surface area (Å²) in [7, 11) is 0. The molecular weight excluding hydrogens is 394 g/mol. The van der Waals surface area contributed by atoms with Crippen molar-refractivity contribution >= 4 is 23.4 Å². The van der Waals surface area contributed by atoms with E-state index in [4.69, 9.17) is 11.0 Å². The van der Waals surface area contributed by atoms with Crippen molar-refractivity contribution in [2.75, 3.05) is 30.9 Å². The summed E-state index contributed by atoms with van der Waals surface area (Å²) in [6.45, 7) is -10.0. The van der Waals surface area contributed by atoms with E-state index in [9.17, 15) is 14.4 Å². The van der Waals surface area contributed by atoms with Crippen LogP contribution in [0.1, 0.15) is 60.5 Å². The van der Waals surface area contributed by atoms with Crippen LogP contribution >= 0.6 is 0 Å². The summed E-state index contributed by atoms with van der Waals surface area (Å²) in [4.78, 5) is 37.9. The summed E-state index contributed by atoms with van der Waals surface area (Å²) in [5.74, 6) is -5.32. The molecule has 9 heteroatoms. The number of hydrogen-bond acceptors (Lipinski definition) is 5. The van der Waals surface area contributed by atoms with Gasteiger partial charge >= 0.3 is 0 Å². The predicted molar refractivity (Wildman–Crippen MR) is 106 cm³/mol. The normalized spacial score (nSPS) is 33.8. The average Bonchev–Trinajstić information content (AvgIpc) is 3.06. The first-order chi connectivity index (χ1) is 17.1. The third-order valence-electron chi connectivity index (χ3n) is 5.14. The molecule has 3 amide bonds. The molecule has 2 saturated heterocycles. The number of nitrogens with zero attached hydrogens (tertiary/aromatic N) is 3. The Morgan fingerprint density at radius 1 is 1.13 bits per heavy atom. The number of fused-ring (bicyclic) bond motifs is 1. The number of nitrogens with one attached hydrogen (secondary N) is 1. The average molecular weight is 429 g/mol. The Hall–Kier alpha value is -2.55. The fourth-order valence-corrected chi connectivity index (χ4v) is 3.54. The third-order valence-corrected chi connectivity index (χ3v) is 5.14. The minimum Gasteiger partial charge on any atom is -0.367 e. The third kappa shape index (κ3) is 3.45. The summed E-state index contributed by atoms with van der Waals surface area (Å²) in [6.07, 6.45) is -0.212. The predicted octanol–water partition coefficient (Wildman–Crippen LogP) is 1.65. The molecule has 2 fully saturated rings. The van der Waals surface area contributed by atoms with Crippen molar-refractivity contribution in [2.45, 2.75) is 51.7 Å². The zero-order chi connectivity index (χ0) is 29.0. The molecule has 0 spiro atoms. The second-order valence-corrected chi connectivity index (χ2v) is 8.23. The fourth-order valence-electron chi connectivity index (χ4n) is 3.54. The fraction of sp³-hybridized carbons (Fsp3) is 0.571. The van der Waals surface area contributed by atoms with Gasteiger partial charge in [-0.25, -0.2) is 8.78 Å². The smallest absolute Gasteiger partial charge is 0.258 e. The highest BCUT2D eigenvalue weighted by Gasteiger charge is 2.42. The SMILES string of the molecule is [2H]C1([2H])N(c2cc(F)c3c(c2F)CN([C@H]2CCC(=O)NC2=O)C3=O)C([2H])([2H])C([2H])([2H])N(C(C)(C)C)C1([2H])[2H]. The van der Waals surface area contributed by atoms with E-state index in [1.807, 2.05) is 5.32 Å². The number of imide groups is 1. The zero-order valence-corrected chi connectivity index (χ0v) is 16.6. The maximum Gasteiger partial charge on any atom is 0.258 e. The number of halogens is 2. The summed E-state index contributed by atoms with van der Waals surface area (Å²) >= 11 is 0. The second kappa shape index (κ2) is 7.30. The Morgan fingerprint density at radius 2 is 1.80 bits per heavy atom. The van der Waals surface area contributed by atoms with Crippen LogP contribution < -0.4 is 10.2 Å². The Balaban J connectivity index is 1.87. The molecule has 4 rings (SSSR count). The van der Waals surface area contributed by atoms with Crippen molar-refractivity contribution in [3.05, 3.63) is 28.8 Å². The van der Waals surface area contributed by atoms with Crippen molar-refractivity contribution < 1.29 is 34.1 Å². The lowest BCUT2D eigenvalue weighted by atomic mass is 10.0. The van der Waals surface area contributed by atoms with E-state index < -0.39 is 90.3 Å². The van der Waals surface area contributed by atoms with Gasteiger partial charge < -0.3 is 9.80 Å². The molecule has 3 aliphatic rings. The van der Waals surface area contributed by atoms with Gasteiger partial charge in [0.15, 0.2) is 5.82 Å². The van der Waals surface area contributed by atoms with Crippen LogP contribution in [-0.4, -0.2) is 65.1 Å². The van der Waals surface area contributed by atoms with Crippen molar-refractivity contribution in [3.63, 3.8) is 0 Å². The number of rotatable bonds is 2. The van der Waals surface area contributed by atoms with E-state index in [2.05, 4.69) is 0 Å². The minimum absolute atomic E-state index is 0.0965. The van der Waals surface area contributed by atoms with Crippen molar-refractivity contribution in [3.8, 4) is 0 Å². The number of anilines is 1. The van der Waals surface area contributed by atoms with Gasteiger partial charge in [-0.2, -0.15) is 0 Å². The molecule has 7 nitrogen and oxygen atoms in total. The van der Waals surface area contributed by atoms with Gasteiger partial charge in [0, 0.05) is 55.1 Å². The zero-order valence-electron chi connectivity index (χ0n) is 24.6. The van der Waals surface area contributed by atoms with E-state index >= 15 is 8.78 Å². The maximum atomic E-state index is 16.0. The van der Waals surface area contributed by atoms with Crippen LogP contribution in [-0.2, 0) is 16.1 Å². The van der Waals surface area contributed by atoms with Gasteiger partial charge in [0.2, 0.25) is 11.8 Å². The minimum atomic E-state index is -3.46. The number of carbonyl (C=O) groups excluding carboxylic acids is 3. The summed E-state index contributed by atoms with van der Waals surface area (Å²) in [6, 6.07) is -0.888. The molecule has 1 aromatic carbocycles. The molecule has 0 bridgehead atoms.